The summed E-state index contributed by atoms with van der Waals surface area (Å²) in [6.07, 6.45) is 3.58. The molecule has 1 N–H and O–H groups in total. The molecular weight excluding hydrogens is 332 g/mol. The molecule has 1 saturated heterocycles. The van der Waals surface area contributed by atoms with Crippen molar-refractivity contribution >= 4 is 22.6 Å². The molecular formula is C19H26N4OS. The third kappa shape index (κ3) is 4.37. The van der Waals surface area contributed by atoms with Crippen molar-refractivity contribution in [3.8, 4) is 0 Å². The van der Waals surface area contributed by atoms with Crippen LogP contribution in [-0.4, -0.2) is 33.9 Å². The number of benzene rings is 1. The molecule has 1 aliphatic rings. The van der Waals surface area contributed by atoms with Gasteiger partial charge in [0.15, 0.2) is 0 Å². The van der Waals surface area contributed by atoms with Gasteiger partial charge in [-0.25, -0.2) is 4.98 Å². The Bertz CT molecular complexity index is 712. The first kappa shape index (κ1) is 17.9. The average Bonchev–Trinajstić information content (AvgIpc) is 3.25. The summed E-state index contributed by atoms with van der Waals surface area (Å²) in [7, 11) is 0. The van der Waals surface area contributed by atoms with Gasteiger partial charge in [-0.3, -0.25) is 4.79 Å². The molecule has 1 fully saturated rings. The van der Waals surface area contributed by atoms with Crippen LogP contribution in [0.1, 0.15) is 50.1 Å². The molecule has 6 heteroatoms. The second kappa shape index (κ2) is 7.95. The summed E-state index contributed by atoms with van der Waals surface area (Å²) in [6.45, 7) is 7.08. The van der Waals surface area contributed by atoms with Gasteiger partial charge in [-0.2, -0.15) is 4.37 Å². The third-order valence-corrected chi connectivity index (χ3v) is 5.53. The summed E-state index contributed by atoms with van der Waals surface area (Å²) in [4.78, 5) is 19.3. The van der Waals surface area contributed by atoms with Gasteiger partial charge in [0.2, 0.25) is 11.0 Å². The van der Waals surface area contributed by atoms with Crippen LogP contribution in [0, 0.1) is 6.92 Å². The minimum absolute atomic E-state index is 0.113. The zero-order valence-corrected chi connectivity index (χ0v) is 16.0. The fourth-order valence-corrected chi connectivity index (χ4v) is 3.79. The van der Waals surface area contributed by atoms with Crippen LogP contribution < -0.4 is 10.2 Å². The van der Waals surface area contributed by atoms with Gasteiger partial charge in [-0.1, -0.05) is 36.8 Å². The van der Waals surface area contributed by atoms with Crippen LogP contribution in [0.25, 0.3) is 0 Å². The van der Waals surface area contributed by atoms with Crippen LogP contribution in [0.5, 0.6) is 0 Å². The molecule has 134 valence electrons. The van der Waals surface area contributed by atoms with E-state index in [-0.39, 0.29) is 18.0 Å². The lowest BCUT2D eigenvalue weighted by Gasteiger charge is -2.24. The second-order valence-electron chi connectivity index (χ2n) is 6.82. The van der Waals surface area contributed by atoms with E-state index in [0.717, 1.165) is 43.2 Å². The number of carbonyl (C=O) groups is 1. The van der Waals surface area contributed by atoms with Crippen LogP contribution in [0.2, 0.25) is 0 Å². The summed E-state index contributed by atoms with van der Waals surface area (Å²) in [5.74, 6) is 0.943. The highest BCUT2D eigenvalue weighted by atomic mass is 32.1. The number of hydrogen-bond donors (Lipinski definition) is 1. The summed E-state index contributed by atoms with van der Waals surface area (Å²) < 4.78 is 4.51. The van der Waals surface area contributed by atoms with Crippen molar-refractivity contribution in [1.29, 1.82) is 0 Å². The van der Waals surface area contributed by atoms with Gasteiger partial charge in [0, 0.05) is 30.5 Å². The molecule has 1 aromatic carbocycles. The number of aryl methyl sites for hydroxylation is 1. The van der Waals surface area contributed by atoms with E-state index in [2.05, 4.69) is 52.7 Å². The van der Waals surface area contributed by atoms with Gasteiger partial charge in [-0.15, -0.1) is 0 Å². The maximum absolute atomic E-state index is 12.5. The third-order valence-electron chi connectivity index (χ3n) is 4.74. The van der Waals surface area contributed by atoms with Gasteiger partial charge in [0.25, 0.3) is 0 Å². The molecule has 1 aromatic heterocycles. The van der Waals surface area contributed by atoms with Crippen LogP contribution in [-0.2, 0) is 11.2 Å². The Kier molecular flexibility index (Phi) is 5.68. The topological polar surface area (TPSA) is 58.1 Å². The number of rotatable bonds is 6. The fraction of sp³-hybridized carbons (Fsp3) is 0.526. The van der Waals surface area contributed by atoms with Gasteiger partial charge in [-0.05, 0) is 38.7 Å². The van der Waals surface area contributed by atoms with Crippen molar-refractivity contribution in [3.63, 3.8) is 0 Å². The van der Waals surface area contributed by atoms with E-state index in [9.17, 15) is 4.79 Å². The molecule has 25 heavy (non-hydrogen) atoms. The van der Waals surface area contributed by atoms with Gasteiger partial charge in [0.1, 0.15) is 11.9 Å². The minimum Gasteiger partial charge on any atom is -0.352 e. The molecule has 5 nitrogen and oxygen atoms in total. The summed E-state index contributed by atoms with van der Waals surface area (Å²) in [5.41, 5.74) is 2.46. The van der Waals surface area contributed by atoms with Crippen LogP contribution >= 0.6 is 11.5 Å². The molecule has 0 unspecified atom stereocenters. The van der Waals surface area contributed by atoms with Gasteiger partial charge in [0.05, 0.1) is 0 Å². The number of anilines is 1. The minimum atomic E-state index is -0.117. The lowest BCUT2D eigenvalue weighted by Crippen LogP contribution is -2.46. The van der Waals surface area contributed by atoms with E-state index in [1.165, 1.54) is 22.7 Å². The maximum Gasteiger partial charge on any atom is 0.242 e. The second-order valence-corrected chi connectivity index (χ2v) is 7.56. The van der Waals surface area contributed by atoms with Crippen molar-refractivity contribution in [3.05, 3.63) is 41.2 Å². The Morgan fingerprint density at radius 3 is 2.88 bits per heavy atom. The largest absolute Gasteiger partial charge is 0.352 e. The molecule has 0 radical (unpaired) electrons. The highest BCUT2D eigenvalue weighted by Crippen LogP contribution is 2.28. The lowest BCUT2D eigenvalue weighted by atomic mass is 10.1. The Morgan fingerprint density at radius 2 is 2.16 bits per heavy atom. The Morgan fingerprint density at radius 1 is 1.40 bits per heavy atom. The van der Waals surface area contributed by atoms with Crippen molar-refractivity contribution in [1.82, 2.24) is 14.7 Å². The number of carbonyl (C=O) groups excluding carboxylic acids is 1. The molecule has 1 aliphatic heterocycles. The molecule has 1 amide bonds. The van der Waals surface area contributed by atoms with E-state index in [1.807, 2.05) is 6.92 Å². The van der Waals surface area contributed by atoms with Crippen LogP contribution in [0.15, 0.2) is 24.3 Å². The van der Waals surface area contributed by atoms with Crippen LogP contribution in [0.4, 0.5) is 5.13 Å². The van der Waals surface area contributed by atoms with Crippen LogP contribution in [0.3, 0.4) is 0 Å². The van der Waals surface area contributed by atoms with Crippen molar-refractivity contribution in [2.75, 3.05) is 11.4 Å². The van der Waals surface area contributed by atoms with E-state index in [1.54, 1.807) is 0 Å². The van der Waals surface area contributed by atoms with E-state index in [0.29, 0.717) is 0 Å². The number of aromatic nitrogens is 2. The Labute approximate surface area is 153 Å². The van der Waals surface area contributed by atoms with Crippen molar-refractivity contribution in [2.45, 2.75) is 58.5 Å². The zero-order chi connectivity index (χ0) is 17.8. The highest BCUT2D eigenvalue weighted by Gasteiger charge is 2.33. The van der Waals surface area contributed by atoms with E-state index in [4.69, 9.17) is 4.98 Å². The van der Waals surface area contributed by atoms with E-state index < -0.39 is 0 Å². The molecule has 0 saturated carbocycles. The zero-order valence-electron chi connectivity index (χ0n) is 15.2. The first-order valence-electron chi connectivity index (χ1n) is 9.02. The monoisotopic (exact) mass is 358 g/mol. The number of hydrogen-bond acceptors (Lipinski definition) is 5. The van der Waals surface area contributed by atoms with Crippen molar-refractivity contribution < 1.29 is 4.79 Å². The SMILES string of the molecule is CC[C@@H](C)NC(=O)[C@@H]1CCCN1c1nc(Cc2ccc(C)cc2)ns1. The predicted molar refractivity (Wildman–Crippen MR) is 102 cm³/mol. The lowest BCUT2D eigenvalue weighted by molar-refractivity contribution is -0.122. The normalized spacial score (nSPS) is 18.4. The molecule has 3 rings (SSSR count). The summed E-state index contributed by atoms with van der Waals surface area (Å²) in [6, 6.07) is 8.55. The highest BCUT2D eigenvalue weighted by molar-refractivity contribution is 7.09. The quantitative estimate of drug-likeness (QED) is 0.861. The van der Waals surface area contributed by atoms with Crippen molar-refractivity contribution in [2.24, 2.45) is 0 Å². The molecule has 0 spiro atoms. The fourth-order valence-electron chi connectivity index (χ4n) is 3.03. The number of nitrogens with one attached hydrogen (secondary N) is 1. The Hall–Kier alpha value is -1.95. The maximum atomic E-state index is 12.5. The number of amides is 1. The molecule has 2 aromatic rings. The number of nitrogens with zero attached hydrogens (tertiary/aromatic N) is 3. The molecule has 0 aliphatic carbocycles. The standard InChI is InChI=1S/C19H26N4OS/c1-4-14(3)20-18(24)16-6-5-11-23(16)19-21-17(22-25-19)12-15-9-7-13(2)8-10-15/h7-10,14,16H,4-6,11-12H2,1-3H3,(H,20,24)/t14-,16+/m1/s1. The average molecular weight is 359 g/mol. The van der Waals surface area contributed by atoms with Gasteiger partial charge < -0.3 is 10.2 Å². The smallest absolute Gasteiger partial charge is 0.242 e. The summed E-state index contributed by atoms with van der Waals surface area (Å²) in [5, 5.41) is 3.96. The van der Waals surface area contributed by atoms with Gasteiger partial charge >= 0.3 is 0 Å². The first-order valence-corrected chi connectivity index (χ1v) is 9.79. The summed E-state index contributed by atoms with van der Waals surface area (Å²) >= 11 is 1.40. The van der Waals surface area contributed by atoms with E-state index >= 15 is 0 Å². The Balaban J connectivity index is 1.68. The predicted octanol–water partition coefficient (Wildman–Crippen LogP) is 3.32. The molecule has 2 heterocycles. The molecule has 0 bridgehead atoms. The molecule has 2 atom stereocenters. The first-order chi connectivity index (χ1) is 12.1.